The molecule has 0 aliphatic rings. The molecule has 37 heavy (non-hydrogen) atoms. The Kier molecular flexibility index (Phi) is 8.84. The van der Waals surface area contributed by atoms with Gasteiger partial charge in [-0.25, -0.2) is 5.10 Å². The van der Waals surface area contributed by atoms with E-state index in [4.69, 9.17) is 9.15 Å². The summed E-state index contributed by atoms with van der Waals surface area (Å²) in [6, 6.07) is 23.6. The average molecular weight is 506 g/mol. The number of nitrogens with zero attached hydrogens (tertiary/aromatic N) is 3. The van der Waals surface area contributed by atoms with Gasteiger partial charge in [0.1, 0.15) is 5.75 Å². The molecule has 0 fully saturated rings. The second-order valence-electron chi connectivity index (χ2n) is 8.18. The molecule has 9 nitrogen and oxygen atoms in total. The van der Waals surface area contributed by atoms with Crippen LogP contribution >= 0.6 is 0 Å². The van der Waals surface area contributed by atoms with Gasteiger partial charge >= 0.3 is 29.6 Å². The van der Waals surface area contributed by atoms with Crippen molar-refractivity contribution in [2.75, 3.05) is 11.9 Å². The van der Waals surface area contributed by atoms with Crippen LogP contribution in [0.5, 0.6) is 5.75 Å². The molecular formula is C27H24N5NaO4. The second kappa shape index (κ2) is 12.4. The van der Waals surface area contributed by atoms with Gasteiger partial charge in [0.25, 0.3) is 5.91 Å². The summed E-state index contributed by atoms with van der Waals surface area (Å²) in [5.74, 6) is 0.745. The Balaban J connectivity index is 0.00000320. The molecule has 0 aliphatic heterocycles. The third-order valence-corrected chi connectivity index (χ3v) is 5.67. The molecule has 0 aliphatic carbocycles. The summed E-state index contributed by atoms with van der Waals surface area (Å²) < 4.78 is 11.7. The number of para-hydroxylation sites is 1. The number of aromatic amines is 1. The van der Waals surface area contributed by atoms with E-state index in [-0.39, 0.29) is 58.1 Å². The van der Waals surface area contributed by atoms with E-state index in [9.17, 15) is 9.59 Å². The first kappa shape index (κ1) is 26.3. The number of aromatic nitrogens is 4. The van der Waals surface area contributed by atoms with Crippen LogP contribution in [0.2, 0.25) is 0 Å². The fourth-order valence-electron chi connectivity index (χ4n) is 3.82. The molecule has 5 rings (SSSR count). The van der Waals surface area contributed by atoms with Crippen molar-refractivity contribution in [3.63, 3.8) is 0 Å². The first-order valence-electron chi connectivity index (χ1n) is 11.6. The number of carbonyl (C=O) groups is 1. The van der Waals surface area contributed by atoms with Crippen molar-refractivity contribution in [3.8, 4) is 17.3 Å². The zero-order valence-electron chi connectivity index (χ0n) is 19.3. The predicted molar refractivity (Wildman–Crippen MR) is 142 cm³/mol. The molecule has 0 atom stereocenters. The third kappa shape index (κ3) is 6.51. The topological polar surface area (TPSA) is 123 Å². The van der Waals surface area contributed by atoms with Crippen molar-refractivity contribution in [3.05, 3.63) is 100 Å². The van der Waals surface area contributed by atoms with Crippen molar-refractivity contribution >= 4 is 52.1 Å². The standard InChI is InChI=1S/C27H23N5O4.Na.H/c33-23-17-24(26-29-31-32-30-26)36-25-21(23)10-6-11-22(25)28-27(34)19-12-14-20(15-13-19)35-16-5-4-9-18-7-2-1-3-8-18;;/h1-3,6-8,10-15,17H,4-5,9,16H2,(H,28,34)(H,29,30,31,32);;. The van der Waals surface area contributed by atoms with E-state index in [1.54, 1.807) is 42.5 Å². The molecule has 2 N–H and O–H groups in total. The van der Waals surface area contributed by atoms with Crippen LogP contribution in [-0.2, 0) is 6.42 Å². The molecule has 0 saturated heterocycles. The number of nitrogens with one attached hydrogen (secondary N) is 2. The Bertz CT molecular complexity index is 1520. The minimum absolute atomic E-state index is 0. The van der Waals surface area contributed by atoms with Crippen LogP contribution in [0.1, 0.15) is 28.8 Å². The summed E-state index contributed by atoms with van der Waals surface area (Å²) in [6.45, 7) is 0.608. The number of tetrazole rings is 1. The molecule has 2 aromatic heterocycles. The molecule has 0 bridgehead atoms. The summed E-state index contributed by atoms with van der Waals surface area (Å²) in [7, 11) is 0. The van der Waals surface area contributed by atoms with Gasteiger partial charge in [0.2, 0.25) is 5.82 Å². The van der Waals surface area contributed by atoms with E-state index in [1.165, 1.54) is 11.6 Å². The normalized spacial score (nSPS) is 10.6. The van der Waals surface area contributed by atoms with Crippen molar-refractivity contribution < 1.29 is 13.9 Å². The maximum atomic E-state index is 12.9. The molecule has 0 spiro atoms. The molecule has 3 aromatic carbocycles. The second-order valence-corrected chi connectivity index (χ2v) is 8.18. The minimum atomic E-state index is -0.341. The summed E-state index contributed by atoms with van der Waals surface area (Å²) >= 11 is 0. The molecular weight excluding hydrogens is 481 g/mol. The predicted octanol–water partition coefficient (Wildman–Crippen LogP) is 3.98. The van der Waals surface area contributed by atoms with Gasteiger partial charge in [-0.15, -0.1) is 5.10 Å². The van der Waals surface area contributed by atoms with Crippen LogP contribution in [-0.4, -0.2) is 62.7 Å². The van der Waals surface area contributed by atoms with Crippen LogP contribution < -0.4 is 15.5 Å². The number of H-pyrrole nitrogens is 1. The number of anilines is 1. The van der Waals surface area contributed by atoms with Crippen LogP contribution in [0.25, 0.3) is 22.6 Å². The molecule has 0 unspecified atom stereocenters. The number of rotatable bonds is 9. The zero-order valence-corrected chi connectivity index (χ0v) is 19.3. The maximum absolute atomic E-state index is 12.9. The van der Waals surface area contributed by atoms with Crippen LogP contribution in [0.3, 0.4) is 0 Å². The van der Waals surface area contributed by atoms with Gasteiger partial charge in [0, 0.05) is 11.6 Å². The molecule has 0 saturated carbocycles. The number of carbonyl (C=O) groups excluding carboxylic acids is 1. The number of unbranched alkanes of at least 4 members (excludes halogenated alkanes) is 1. The van der Waals surface area contributed by atoms with Gasteiger partial charge in [0.15, 0.2) is 16.8 Å². The Morgan fingerprint density at radius 1 is 0.973 bits per heavy atom. The van der Waals surface area contributed by atoms with Gasteiger partial charge < -0.3 is 14.5 Å². The number of ether oxygens (including phenoxy) is 1. The quantitative estimate of drug-likeness (QED) is 0.229. The van der Waals surface area contributed by atoms with Crippen molar-refractivity contribution in [2.24, 2.45) is 0 Å². The molecule has 10 heteroatoms. The first-order valence-corrected chi connectivity index (χ1v) is 11.6. The van der Waals surface area contributed by atoms with Gasteiger partial charge in [0.05, 0.1) is 17.7 Å². The van der Waals surface area contributed by atoms with E-state index in [0.29, 0.717) is 29.0 Å². The van der Waals surface area contributed by atoms with E-state index in [2.05, 4.69) is 38.1 Å². The zero-order chi connectivity index (χ0) is 24.7. The number of fused-ring (bicyclic) bond motifs is 1. The van der Waals surface area contributed by atoms with Crippen molar-refractivity contribution in [1.29, 1.82) is 0 Å². The Labute approximate surface area is 234 Å². The summed E-state index contributed by atoms with van der Waals surface area (Å²) in [5.41, 5.74) is 2.10. The third-order valence-electron chi connectivity index (χ3n) is 5.67. The van der Waals surface area contributed by atoms with Gasteiger partial charge in [-0.2, -0.15) is 0 Å². The summed E-state index contributed by atoms with van der Waals surface area (Å²) in [6.07, 6.45) is 3.00. The monoisotopic (exact) mass is 505 g/mol. The van der Waals surface area contributed by atoms with E-state index in [0.717, 1.165) is 19.3 Å². The number of benzene rings is 3. The fourth-order valence-corrected chi connectivity index (χ4v) is 3.82. The molecule has 5 aromatic rings. The van der Waals surface area contributed by atoms with Crippen LogP contribution in [0.4, 0.5) is 5.69 Å². The Morgan fingerprint density at radius 3 is 2.54 bits per heavy atom. The van der Waals surface area contributed by atoms with E-state index >= 15 is 0 Å². The Morgan fingerprint density at radius 2 is 1.78 bits per heavy atom. The number of hydrogen-bond donors (Lipinski definition) is 2. The number of amides is 1. The Hall–Kier alpha value is -3.79. The van der Waals surface area contributed by atoms with Crippen LogP contribution in [0, 0.1) is 0 Å². The summed E-state index contributed by atoms with van der Waals surface area (Å²) in [5, 5.41) is 16.5. The first-order chi connectivity index (χ1) is 17.7. The molecule has 0 radical (unpaired) electrons. The molecule has 1 amide bonds. The van der Waals surface area contributed by atoms with Crippen LogP contribution in [0.15, 0.2) is 88.1 Å². The van der Waals surface area contributed by atoms with Crippen molar-refractivity contribution in [2.45, 2.75) is 19.3 Å². The molecule has 2 heterocycles. The number of aryl methyl sites for hydroxylation is 1. The van der Waals surface area contributed by atoms with Gasteiger partial charge in [-0.05, 0) is 71.7 Å². The SMILES string of the molecule is O=C(Nc1cccc2c(=O)cc(-c3nnn[nH]3)oc12)c1ccc(OCCCCc2ccccc2)cc1.[NaH]. The van der Waals surface area contributed by atoms with Gasteiger partial charge in [-0.3, -0.25) is 9.59 Å². The number of hydrogen-bond acceptors (Lipinski definition) is 7. The van der Waals surface area contributed by atoms with Crippen molar-refractivity contribution in [1.82, 2.24) is 20.6 Å². The average Bonchev–Trinajstić information content (AvgIpc) is 3.45. The van der Waals surface area contributed by atoms with E-state index in [1.807, 2.05) is 18.2 Å². The van der Waals surface area contributed by atoms with Gasteiger partial charge in [-0.1, -0.05) is 36.4 Å². The van der Waals surface area contributed by atoms with E-state index < -0.39 is 0 Å². The summed E-state index contributed by atoms with van der Waals surface area (Å²) in [4.78, 5) is 25.5. The molecule has 182 valence electrons. The fraction of sp³-hybridized carbons (Fsp3) is 0.148.